The van der Waals surface area contributed by atoms with Crippen LogP contribution in [0.15, 0.2) is 40.5 Å². The van der Waals surface area contributed by atoms with Gasteiger partial charge in [0.05, 0.1) is 0 Å². The van der Waals surface area contributed by atoms with E-state index in [4.69, 9.17) is 4.74 Å². The fraction of sp³-hybridized carbons (Fsp3) is 0.263. The highest BCUT2D eigenvalue weighted by Crippen LogP contribution is 2.37. The zero-order valence-electron chi connectivity index (χ0n) is 18.7. The third kappa shape index (κ3) is 5.01. The van der Waals surface area contributed by atoms with Crippen molar-refractivity contribution >= 4 is 63.6 Å². The van der Waals surface area contributed by atoms with Crippen molar-refractivity contribution in [3.8, 4) is 0 Å². The average Bonchev–Trinajstić information content (AvgIpc) is 3.56. The van der Waals surface area contributed by atoms with E-state index in [1.807, 2.05) is 0 Å². The SMILES string of the molecule is CO/N=C(/C(=O)NC1C(=O)N2C(C(=O)O)=C(COC(=O)n3ccnc3)C[S+]([O-])[C@H]12)c1csc(NC=O)n1. The molecule has 0 radical (unpaired) electrons. The van der Waals surface area contributed by atoms with Crippen LogP contribution in [-0.4, -0.2) is 96.0 Å². The van der Waals surface area contributed by atoms with E-state index in [-0.39, 0.29) is 27.9 Å². The number of aromatic nitrogens is 3. The lowest BCUT2D eigenvalue weighted by molar-refractivity contribution is -0.150. The Hall–Kier alpha value is -4.29. The van der Waals surface area contributed by atoms with E-state index >= 15 is 0 Å². The van der Waals surface area contributed by atoms with Gasteiger partial charge in [-0.05, 0) is 11.2 Å². The quantitative estimate of drug-likeness (QED) is 0.109. The van der Waals surface area contributed by atoms with E-state index in [9.17, 15) is 33.6 Å². The van der Waals surface area contributed by atoms with Gasteiger partial charge in [0.1, 0.15) is 37.2 Å². The Kier molecular flexibility index (Phi) is 7.50. The Morgan fingerprint density at radius 3 is 2.86 bits per heavy atom. The molecule has 2 aliphatic heterocycles. The van der Waals surface area contributed by atoms with E-state index in [2.05, 4.69) is 30.6 Å². The number of nitrogens with zero attached hydrogens (tertiary/aromatic N) is 5. The van der Waals surface area contributed by atoms with Crippen molar-refractivity contribution in [2.75, 3.05) is 24.8 Å². The van der Waals surface area contributed by atoms with E-state index < -0.39 is 58.8 Å². The summed E-state index contributed by atoms with van der Waals surface area (Å²) in [5, 5.41) is 18.5. The van der Waals surface area contributed by atoms with Gasteiger partial charge in [0.15, 0.2) is 16.9 Å². The number of carboxylic acids is 1. The molecule has 18 heteroatoms. The molecule has 0 bridgehead atoms. The van der Waals surface area contributed by atoms with E-state index in [1.165, 1.54) is 31.2 Å². The number of oxime groups is 1. The van der Waals surface area contributed by atoms with Gasteiger partial charge in [-0.3, -0.25) is 19.3 Å². The Bertz CT molecular complexity index is 1310. The third-order valence-electron chi connectivity index (χ3n) is 5.11. The van der Waals surface area contributed by atoms with Gasteiger partial charge in [-0.2, -0.15) is 0 Å². The van der Waals surface area contributed by atoms with Gasteiger partial charge in [0, 0.05) is 23.3 Å². The summed E-state index contributed by atoms with van der Waals surface area (Å²) < 4.78 is 19.1. The van der Waals surface area contributed by atoms with E-state index in [1.54, 1.807) is 0 Å². The molecule has 194 valence electrons. The highest BCUT2D eigenvalue weighted by Gasteiger charge is 2.61. The highest BCUT2D eigenvalue weighted by atomic mass is 32.2. The first-order chi connectivity index (χ1) is 17.8. The van der Waals surface area contributed by atoms with Crippen molar-refractivity contribution in [3.63, 3.8) is 0 Å². The minimum Gasteiger partial charge on any atom is -0.614 e. The van der Waals surface area contributed by atoms with Crippen LogP contribution in [0.4, 0.5) is 9.93 Å². The molecule has 0 aromatic carbocycles. The van der Waals surface area contributed by atoms with Crippen molar-refractivity contribution in [3.05, 3.63) is 41.1 Å². The third-order valence-corrected chi connectivity index (χ3v) is 7.53. The summed E-state index contributed by atoms with van der Waals surface area (Å²) in [6, 6.07) is -1.33. The second-order valence-electron chi connectivity index (χ2n) is 7.28. The van der Waals surface area contributed by atoms with Crippen LogP contribution in [0, 0.1) is 0 Å². The average molecular weight is 552 g/mol. The van der Waals surface area contributed by atoms with Crippen LogP contribution in [-0.2, 0) is 39.9 Å². The number of carbonyl (C=O) groups is 5. The summed E-state index contributed by atoms with van der Waals surface area (Å²) in [6.45, 7) is -0.524. The van der Waals surface area contributed by atoms with Gasteiger partial charge >= 0.3 is 12.1 Å². The summed E-state index contributed by atoms with van der Waals surface area (Å²) in [5.74, 6) is -3.54. The molecule has 3 amide bonds. The van der Waals surface area contributed by atoms with Crippen molar-refractivity contribution < 1.29 is 43.2 Å². The minimum atomic E-state index is -1.85. The monoisotopic (exact) mass is 551 g/mol. The fourth-order valence-corrected chi connectivity index (χ4v) is 5.88. The molecule has 37 heavy (non-hydrogen) atoms. The number of anilines is 1. The molecule has 3 atom stereocenters. The number of thiazole rings is 1. The summed E-state index contributed by atoms with van der Waals surface area (Å²) in [5.41, 5.74) is -0.803. The van der Waals surface area contributed by atoms with Crippen LogP contribution >= 0.6 is 11.3 Å². The molecule has 2 aliphatic rings. The van der Waals surface area contributed by atoms with Gasteiger partial charge in [-0.25, -0.2) is 24.1 Å². The lowest BCUT2D eigenvalue weighted by Gasteiger charge is -2.48. The first kappa shape index (κ1) is 25.8. The van der Waals surface area contributed by atoms with Gasteiger partial charge < -0.3 is 29.9 Å². The molecule has 0 aliphatic carbocycles. The number of aliphatic carboxylic acids is 1. The summed E-state index contributed by atoms with van der Waals surface area (Å²) >= 11 is -0.842. The van der Waals surface area contributed by atoms with Crippen LogP contribution in [0.25, 0.3) is 0 Å². The van der Waals surface area contributed by atoms with Gasteiger partial charge in [0.2, 0.25) is 11.8 Å². The molecule has 3 N–H and O–H groups in total. The number of nitrogens with one attached hydrogen (secondary N) is 2. The largest absolute Gasteiger partial charge is 0.614 e. The Balaban J connectivity index is 1.51. The number of hydrogen-bond donors (Lipinski definition) is 3. The van der Waals surface area contributed by atoms with E-state index in [0.29, 0.717) is 6.41 Å². The molecule has 4 heterocycles. The number of β-lactam (4-membered cyclic amide) rings is 1. The fourth-order valence-electron chi connectivity index (χ4n) is 3.56. The normalized spacial score (nSPS) is 21.0. The van der Waals surface area contributed by atoms with Crippen molar-refractivity contribution in [2.24, 2.45) is 5.16 Å². The number of amides is 3. The molecule has 1 saturated heterocycles. The maximum absolute atomic E-state index is 13.0. The predicted octanol–water partition coefficient (Wildman–Crippen LogP) is -1.30. The lowest BCUT2D eigenvalue weighted by atomic mass is 10.0. The number of ether oxygens (including phenoxy) is 1. The van der Waals surface area contributed by atoms with Crippen molar-refractivity contribution in [1.82, 2.24) is 24.8 Å². The van der Waals surface area contributed by atoms with Gasteiger partial charge in [0.25, 0.3) is 11.8 Å². The summed E-state index contributed by atoms with van der Waals surface area (Å²) in [7, 11) is 1.18. The maximum Gasteiger partial charge on any atom is 0.419 e. The smallest absolute Gasteiger partial charge is 0.419 e. The minimum absolute atomic E-state index is 0.0343. The molecule has 2 aromatic rings. The Labute approximate surface area is 214 Å². The second kappa shape index (κ2) is 10.8. The van der Waals surface area contributed by atoms with Crippen LogP contribution in [0.5, 0.6) is 0 Å². The zero-order valence-corrected chi connectivity index (χ0v) is 20.4. The molecule has 0 spiro atoms. The lowest BCUT2D eigenvalue weighted by Crippen LogP contribution is -2.75. The topological polar surface area (TPSA) is 217 Å². The molecular formula is C19H17N7O9S2. The standard InChI is InChI=1S/C19H17N7O9S2/c1-34-24-11(10-5-36-18(22-10)21-8-27)14(28)23-12-15(29)26-13(17(30)31)9(6-37(33)16(12)26)4-35-19(32)25-3-2-20-7-25/h2-3,5,7-8,12,16H,4,6H2,1H3,(H,23,28)(H,30,31)(H,21,22,27)/b24-11+/t12?,16-,37?/m1/s1. The molecular weight excluding hydrogens is 534 g/mol. The number of hydrogen-bond acceptors (Lipinski definition) is 12. The van der Waals surface area contributed by atoms with Crippen LogP contribution in [0.1, 0.15) is 5.69 Å². The number of carboxylic acid groups (broad SMARTS) is 1. The number of fused-ring (bicyclic) bond motifs is 1. The maximum atomic E-state index is 13.0. The van der Waals surface area contributed by atoms with Crippen LogP contribution < -0.4 is 10.6 Å². The van der Waals surface area contributed by atoms with Gasteiger partial charge in [-0.15, -0.1) is 11.3 Å². The molecule has 1 fully saturated rings. The zero-order chi connectivity index (χ0) is 26.7. The Morgan fingerprint density at radius 2 is 2.22 bits per heavy atom. The number of imidazole rings is 1. The van der Waals surface area contributed by atoms with Crippen LogP contribution in [0.2, 0.25) is 0 Å². The highest BCUT2D eigenvalue weighted by molar-refractivity contribution is 7.92. The summed E-state index contributed by atoms with van der Waals surface area (Å²) in [6.07, 6.45) is 3.40. The van der Waals surface area contributed by atoms with Crippen molar-refractivity contribution in [2.45, 2.75) is 11.4 Å². The van der Waals surface area contributed by atoms with Gasteiger partial charge in [-0.1, -0.05) is 5.16 Å². The van der Waals surface area contributed by atoms with Crippen molar-refractivity contribution in [1.29, 1.82) is 0 Å². The van der Waals surface area contributed by atoms with E-state index in [0.717, 1.165) is 20.8 Å². The predicted molar refractivity (Wildman–Crippen MR) is 125 cm³/mol. The molecule has 2 aromatic heterocycles. The number of carbonyl (C=O) groups excluding carboxylic acids is 4. The molecule has 2 unspecified atom stereocenters. The summed E-state index contributed by atoms with van der Waals surface area (Å²) in [4.78, 5) is 73.6. The number of rotatable bonds is 9. The Morgan fingerprint density at radius 1 is 1.43 bits per heavy atom. The molecule has 4 rings (SSSR count). The first-order valence-corrected chi connectivity index (χ1v) is 12.4. The van der Waals surface area contributed by atoms with Crippen LogP contribution in [0.3, 0.4) is 0 Å². The first-order valence-electron chi connectivity index (χ1n) is 10.2. The molecule has 16 nitrogen and oxygen atoms in total. The molecule has 0 saturated carbocycles. The second-order valence-corrected chi connectivity index (χ2v) is 9.67.